The predicted molar refractivity (Wildman–Crippen MR) is 105 cm³/mol. The number of benzene rings is 2. The maximum Gasteiger partial charge on any atom is 0.175 e. The Balaban J connectivity index is 2.08. The minimum atomic E-state index is 0.193. The molecule has 0 atom stereocenters. The minimum Gasteiger partial charge on any atom is -0.490 e. The molecule has 0 aliphatic carbocycles. The van der Waals surface area contributed by atoms with E-state index in [9.17, 15) is 0 Å². The van der Waals surface area contributed by atoms with Gasteiger partial charge in [0.2, 0.25) is 0 Å². The average molecular weight is 429 g/mol. The third kappa shape index (κ3) is 6.51. The van der Waals surface area contributed by atoms with Crippen LogP contribution in [-0.4, -0.2) is 24.9 Å². The molecule has 2 aromatic rings. The molecule has 0 unspecified atom stereocenters. The van der Waals surface area contributed by atoms with Gasteiger partial charge in [-0.1, -0.05) is 23.7 Å². The van der Waals surface area contributed by atoms with Crippen molar-refractivity contribution < 1.29 is 14.6 Å². The van der Waals surface area contributed by atoms with Crippen LogP contribution in [0.5, 0.6) is 11.5 Å². The first-order valence-corrected chi connectivity index (χ1v) is 9.45. The lowest BCUT2D eigenvalue weighted by atomic mass is 10.2. The lowest BCUT2D eigenvalue weighted by Gasteiger charge is -2.16. The van der Waals surface area contributed by atoms with E-state index in [2.05, 4.69) is 21.2 Å². The van der Waals surface area contributed by atoms with E-state index in [4.69, 9.17) is 26.2 Å². The molecular formula is C19H23BrClNO3. The second kappa shape index (κ2) is 10.7. The van der Waals surface area contributed by atoms with Crippen LogP contribution in [0.25, 0.3) is 0 Å². The van der Waals surface area contributed by atoms with Crippen LogP contribution in [0.1, 0.15) is 24.5 Å². The maximum absolute atomic E-state index is 8.83. The van der Waals surface area contributed by atoms with Gasteiger partial charge >= 0.3 is 0 Å². The second-order valence-corrected chi connectivity index (χ2v) is 6.80. The number of rotatable bonds is 10. The zero-order valence-corrected chi connectivity index (χ0v) is 16.6. The Hall–Kier alpha value is -1.27. The van der Waals surface area contributed by atoms with Crippen molar-refractivity contribution in [1.82, 2.24) is 5.32 Å². The largest absolute Gasteiger partial charge is 0.490 e. The molecular weight excluding hydrogens is 406 g/mol. The van der Waals surface area contributed by atoms with Gasteiger partial charge in [0, 0.05) is 18.2 Å². The number of hydrogen-bond acceptors (Lipinski definition) is 4. The van der Waals surface area contributed by atoms with Gasteiger partial charge in [0.25, 0.3) is 0 Å². The Morgan fingerprint density at radius 1 is 1.12 bits per heavy atom. The molecule has 0 aliphatic rings. The fraction of sp³-hybridized carbons (Fsp3) is 0.368. The summed E-state index contributed by atoms with van der Waals surface area (Å²) < 4.78 is 12.6. The van der Waals surface area contributed by atoms with Gasteiger partial charge in [0.05, 0.1) is 11.1 Å². The lowest BCUT2D eigenvalue weighted by molar-refractivity contribution is 0.267. The topological polar surface area (TPSA) is 50.7 Å². The highest BCUT2D eigenvalue weighted by atomic mass is 79.9. The van der Waals surface area contributed by atoms with Crippen LogP contribution in [0, 0.1) is 0 Å². The van der Waals surface area contributed by atoms with Gasteiger partial charge in [-0.2, -0.15) is 0 Å². The molecule has 0 heterocycles. The van der Waals surface area contributed by atoms with Gasteiger partial charge in [-0.25, -0.2) is 0 Å². The molecule has 2 N–H and O–H groups in total. The Morgan fingerprint density at radius 3 is 2.56 bits per heavy atom. The Labute approximate surface area is 162 Å². The van der Waals surface area contributed by atoms with Crippen molar-refractivity contribution in [3.05, 3.63) is 57.0 Å². The van der Waals surface area contributed by atoms with E-state index in [1.54, 1.807) is 0 Å². The summed E-state index contributed by atoms with van der Waals surface area (Å²) in [4.78, 5) is 0. The normalized spacial score (nSPS) is 10.7. The first kappa shape index (κ1) is 20.0. The molecule has 0 aromatic heterocycles. The zero-order chi connectivity index (χ0) is 18.1. The summed E-state index contributed by atoms with van der Waals surface area (Å²) >= 11 is 9.49. The van der Waals surface area contributed by atoms with Crippen LogP contribution in [0.15, 0.2) is 40.9 Å². The molecule has 0 fully saturated rings. The molecule has 2 rings (SSSR count). The highest BCUT2D eigenvalue weighted by molar-refractivity contribution is 9.10. The Morgan fingerprint density at radius 2 is 1.88 bits per heavy atom. The molecule has 0 spiro atoms. The molecule has 25 heavy (non-hydrogen) atoms. The predicted octanol–water partition coefficient (Wildman–Crippen LogP) is 4.55. The van der Waals surface area contributed by atoms with Crippen molar-refractivity contribution in [2.24, 2.45) is 0 Å². The van der Waals surface area contributed by atoms with Gasteiger partial charge in [0.15, 0.2) is 11.5 Å². The maximum atomic E-state index is 8.83. The number of aliphatic hydroxyl groups is 1. The molecule has 0 saturated carbocycles. The van der Waals surface area contributed by atoms with Crippen LogP contribution < -0.4 is 14.8 Å². The monoisotopic (exact) mass is 427 g/mol. The summed E-state index contributed by atoms with van der Waals surface area (Å²) in [5, 5.41) is 12.8. The molecule has 4 nitrogen and oxygen atoms in total. The zero-order valence-electron chi connectivity index (χ0n) is 14.2. The quantitative estimate of drug-likeness (QED) is 0.545. The highest BCUT2D eigenvalue weighted by Crippen LogP contribution is 2.37. The highest BCUT2D eigenvalue weighted by Gasteiger charge is 2.12. The SMILES string of the molecule is CCOc1cc(CNCCCO)cc(Br)c1OCc1ccc(Cl)cc1. The van der Waals surface area contributed by atoms with Crippen LogP contribution in [0.2, 0.25) is 5.02 Å². The van der Waals surface area contributed by atoms with Crippen molar-refractivity contribution in [2.45, 2.75) is 26.5 Å². The Bertz CT molecular complexity index is 664. The second-order valence-electron chi connectivity index (χ2n) is 5.51. The van der Waals surface area contributed by atoms with Crippen LogP contribution in [0.4, 0.5) is 0 Å². The Kier molecular flexibility index (Phi) is 8.55. The number of halogens is 2. The molecule has 136 valence electrons. The van der Waals surface area contributed by atoms with E-state index in [1.807, 2.05) is 43.3 Å². The van der Waals surface area contributed by atoms with E-state index >= 15 is 0 Å². The fourth-order valence-electron chi connectivity index (χ4n) is 2.30. The number of aliphatic hydroxyl groups excluding tert-OH is 1. The molecule has 0 radical (unpaired) electrons. The van der Waals surface area contributed by atoms with Crippen LogP contribution >= 0.6 is 27.5 Å². The first-order chi connectivity index (χ1) is 12.1. The molecule has 0 amide bonds. The van der Waals surface area contributed by atoms with Crippen molar-refractivity contribution in [3.8, 4) is 11.5 Å². The van der Waals surface area contributed by atoms with Gasteiger partial charge in [-0.15, -0.1) is 0 Å². The van der Waals surface area contributed by atoms with Crippen molar-refractivity contribution in [1.29, 1.82) is 0 Å². The van der Waals surface area contributed by atoms with E-state index in [0.29, 0.717) is 36.3 Å². The molecule has 2 aromatic carbocycles. The van der Waals surface area contributed by atoms with Crippen molar-refractivity contribution >= 4 is 27.5 Å². The summed E-state index contributed by atoms with van der Waals surface area (Å²) in [7, 11) is 0. The van der Waals surface area contributed by atoms with Crippen molar-refractivity contribution in [3.63, 3.8) is 0 Å². The number of ether oxygens (including phenoxy) is 2. The molecule has 0 saturated heterocycles. The molecule has 6 heteroatoms. The van der Waals surface area contributed by atoms with Gasteiger partial charge in [-0.05, 0) is 71.2 Å². The van der Waals surface area contributed by atoms with E-state index < -0.39 is 0 Å². The van der Waals surface area contributed by atoms with E-state index in [1.165, 1.54) is 0 Å². The van der Waals surface area contributed by atoms with Crippen LogP contribution in [0.3, 0.4) is 0 Å². The van der Waals surface area contributed by atoms with Gasteiger partial charge in [0.1, 0.15) is 6.61 Å². The number of nitrogens with one attached hydrogen (secondary N) is 1. The fourth-order valence-corrected chi connectivity index (χ4v) is 3.03. The summed E-state index contributed by atoms with van der Waals surface area (Å²) in [5.41, 5.74) is 2.13. The van der Waals surface area contributed by atoms with E-state index in [0.717, 1.165) is 28.6 Å². The lowest BCUT2D eigenvalue weighted by Crippen LogP contribution is -2.16. The third-order valence-corrected chi connectivity index (χ3v) is 4.35. The summed E-state index contributed by atoms with van der Waals surface area (Å²) in [6.45, 7) is 4.61. The van der Waals surface area contributed by atoms with Gasteiger partial charge < -0.3 is 19.9 Å². The molecule has 0 bridgehead atoms. The smallest absolute Gasteiger partial charge is 0.175 e. The third-order valence-electron chi connectivity index (χ3n) is 3.51. The van der Waals surface area contributed by atoms with Crippen molar-refractivity contribution in [2.75, 3.05) is 19.8 Å². The van der Waals surface area contributed by atoms with Crippen LogP contribution in [-0.2, 0) is 13.2 Å². The summed E-state index contributed by atoms with van der Waals surface area (Å²) in [5.74, 6) is 1.40. The summed E-state index contributed by atoms with van der Waals surface area (Å²) in [6.07, 6.45) is 0.738. The average Bonchev–Trinajstić information content (AvgIpc) is 2.60. The number of hydrogen-bond donors (Lipinski definition) is 2. The first-order valence-electron chi connectivity index (χ1n) is 8.28. The summed E-state index contributed by atoms with van der Waals surface area (Å²) in [6, 6.07) is 11.6. The molecule has 0 aliphatic heterocycles. The standard InChI is InChI=1S/C19H23BrClNO3/c1-2-24-18-11-15(12-22-8-3-9-23)10-17(20)19(18)25-13-14-4-6-16(21)7-5-14/h4-7,10-11,22-23H,2-3,8-9,12-13H2,1H3. The van der Waals surface area contributed by atoms with E-state index in [-0.39, 0.29) is 6.61 Å². The minimum absolute atomic E-state index is 0.193. The van der Waals surface area contributed by atoms with Gasteiger partial charge in [-0.3, -0.25) is 0 Å².